The van der Waals surface area contributed by atoms with Crippen LogP contribution in [0.1, 0.15) is 0 Å². The lowest BCUT2D eigenvalue weighted by Gasteiger charge is -2.06. The van der Waals surface area contributed by atoms with Crippen LogP contribution < -0.4 is 0 Å². The molecule has 0 atom stereocenters. The van der Waals surface area contributed by atoms with Crippen molar-refractivity contribution in [3.05, 3.63) is 12.3 Å². The highest BCUT2D eigenvalue weighted by Gasteiger charge is 2.37. The minimum atomic E-state index is -5.39. The van der Waals surface area contributed by atoms with E-state index >= 15 is 0 Å². The molecule has 0 N–H and O–H groups in total. The van der Waals surface area contributed by atoms with E-state index in [0.29, 0.717) is 12.3 Å². The van der Waals surface area contributed by atoms with Crippen molar-refractivity contribution >= 4 is 10.2 Å². The van der Waals surface area contributed by atoms with Crippen LogP contribution in [0.4, 0.5) is 17.1 Å². The van der Waals surface area contributed by atoms with Crippen LogP contribution in [0.3, 0.4) is 0 Å². The molecule has 0 fully saturated rings. The number of aromatic nitrogens is 2. The molecule has 1 heterocycles. The summed E-state index contributed by atoms with van der Waals surface area (Å²) in [7, 11) is -5.39. The fourth-order valence-electron chi connectivity index (χ4n) is 0.666. The van der Waals surface area contributed by atoms with E-state index in [0.717, 1.165) is 0 Å². The molecule has 0 aromatic carbocycles. The van der Waals surface area contributed by atoms with Gasteiger partial charge in [0.25, 0.3) is 0 Å². The van der Waals surface area contributed by atoms with Crippen LogP contribution in [0.25, 0.3) is 0 Å². The zero-order valence-corrected chi connectivity index (χ0v) is 6.60. The maximum absolute atomic E-state index is 12.2. The molecule has 4 nitrogen and oxygen atoms in total. The number of rotatable bonds is 1. The second kappa shape index (κ2) is 2.69. The highest BCUT2D eigenvalue weighted by molar-refractivity contribution is 7.86. The third-order valence-corrected chi connectivity index (χ3v) is 1.91. The van der Waals surface area contributed by atoms with Gasteiger partial charge in [-0.2, -0.15) is 18.2 Å². The monoisotopic (exact) mass is 218 g/mol. The minimum absolute atomic E-state index is 0.419. The molecule has 0 bridgehead atoms. The topological polar surface area (TPSA) is 52.0 Å². The van der Waals surface area contributed by atoms with E-state index < -0.39 is 26.2 Å². The lowest BCUT2D eigenvalue weighted by atomic mass is 10.7. The van der Waals surface area contributed by atoms with Crippen LogP contribution in [0, 0.1) is 0 Å². The summed E-state index contributed by atoms with van der Waals surface area (Å²) >= 11 is 0. The predicted molar refractivity (Wildman–Crippen MR) is 31.8 cm³/mol. The van der Waals surface area contributed by atoms with Crippen LogP contribution in [-0.4, -0.2) is 18.2 Å². The van der Waals surface area contributed by atoms with Gasteiger partial charge in [-0.3, -0.25) is 0 Å². The van der Waals surface area contributed by atoms with Crippen molar-refractivity contribution in [2.75, 3.05) is 0 Å². The summed E-state index contributed by atoms with van der Waals surface area (Å²) in [6, 6.07) is 0.419. The molecule has 0 saturated heterocycles. The van der Waals surface area contributed by atoms with Crippen molar-refractivity contribution in [2.24, 2.45) is 0 Å². The molecule has 0 unspecified atom stereocenters. The van der Waals surface area contributed by atoms with Crippen LogP contribution >= 0.6 is 0 Å². The lowest BCUT2D eigenvalue weighted by molar-refractivity contribution is -0.218. The van der Waals surface area contributed by atoms with Crippen LogP contribution in [-0.2, 0) is 16.5 Å². The fraction of sp³-hybridized carbons (Fsp3) is 0.250. The smallest absolute Gasteiger partial charge is 0.188 e. The van der Waals surface area contributed by atoms with Gasteiger partial charge in [0.1, 0.15) is 0 Å². The Morgan fingerprint density at radius 1 is 1.38 bits per heavy atom. The molecule has 9 heteroatoms. The molecular formula is C4H2F4N2O2S. The number of alkyl halides is 3. The van der Waals surface area contributed by atoms with Crippen molar-refractivity contribution in [1.29, 1.82) is 0 Å². The molecule has 74 valence electrons. The van der Waals surface area contributed by atoms with Gasteiger partial charge in [0.2, 0.25) is 0 Å². The summed E-state index contributed by atoms with van der Waals surface area (Å²) in [5.41, 5.74) is 0. The molecule has 0 radical (unpaired) electrons. The number of hydrogen-bond acceptors (Lipinski definition) is 3. The third-order valence-electron chi connectivity index (χ3n) is 1.10. The Morgan fingerprint density at radius 2 is 1.92 bits per heavy atom. The zero-order chi connectivity index (χ0) is 10.3. The summed E-state index contributed by atoms with van der Waals surface area (Å²) in [6.07, 6.45) is -4.50. The molecular weight excluding hydrogens is 216 g/mol. The first-order valence-electron chi connectivity index (χ1n) is 2.79. The van der Waals surface area contributed by atoms with Gasteiger partial charge in [0.05, 0.1) is 6.20 Å². The van der Waals surface area contributed by atoms with Crippen LogP contribution in [0.5, 0.6) is 0 Å². The quantitative estimate of drug-likeness (QED) is 0.522. The molecule has 1 aromatic heterocycles. The van der Waals surface area contributed by atoms with Crippen molar-refractivity contribution in [3.8, 4) is 0 Å². The lowest BCUT2D eigenvalue weighted by Crippen LogP contribution is -2.21. The van der Waals surface area contributed by atoms with Gasteiger partial charge >= 0.3 is 16.5 Å². The van der Waals surface area contributed by atoms with Crippen molar-refractivity contribution in [3.63, 3.8) is 0 Å². The molecule has 0 amide bonds. The van der Waals surface area contributed by atoms with E-state index in [1.807, 2.05) is 0 Å². The summed E-state index contributed by atoms with van der Waals surface area (Å²) in [6.45, 7) is 0. The molecule has 13 heavy (non-hydrogen) atoms. The van der Waals surface area contributed by atoms with Gasteiger partial charge in [-0.25, -0.2) is 0 Å². The van der Waals surface area contributed by atoms with E-state index in [-0.39, 0.29) is 0 Å². The van der Waals surface area contributed by atoms with E-state index in [4.69, 9.17) is 0 Å². The van der Waals surface area contributed by atoms with E-state index in [9.17, 15) is 25.5 Å². The van der Waals surface area contributed by atoms with Crippen molar-refractivity contribution in [1.82, 2.24) is 9.78 Å². The molecule has 1 rings (SSSR count). The van der Waals surface area contributed by atoms with Gasteiger partial charge in [-0.05, 0) is 6.07 Å². The first-order valence-corrected chi connectivity index (χ1v) is 4.17. The second-order valence-electron chi connectivity index (χ2n) is 1.99. The summed E-state index contributed by atoms with van der Waals surface area (Å²) < 4.78 is 67.2. The van der Waals surface area contributed by atoms with Gasteiger partial charge in [0, 0.05) is 0 Å². The summed E-state index contributed by atoms with van der Waals surface area (Å²) in [4.78, 5) is 0. The Hall–Kier alpha value is -1.12. The predicted octanol–water partition coefficient (Wildman–Crippen LogP) is 1.02. The first-order chi connectivity index (χ1) is 5.73. The normalized spacial score (nSPS) is 13.2. The van der Waals surface area contributed by atoms with Crippen LogP contribution in [0.2, 0.25) is 0 Å². The highest BCUT2D eigenvalue weighted by atomic mass is 32.3. The van der Waals surface area contributed by atoms with Crippen LogP contribution in [0.15, 0.2) is 17.3 Å². The summed E-state index contributed by atoms with van der Waals surface area (Å²) in [5, 5.41) is 1.10. The standard InChI is InChI=1S/C4H2F4N2O2S/c5-4(6,7)10-3(1-2-9-10)13(8,11)12/h1-2H. The third kappa shape index (κ3) is 1.97. The Morgan fingerprint density at radius 3 is 2.23 bits per heavy atom. The fourth-order valence-corrected chi connectivity index (χ4v) is 1.25. The van der Waals surface area contributed by atoms with Crippen molar-refractivity contribution in [2.45, 2.75) is 11.3 Å². The van der Waals surface area contributed by atoms with Gasteiger partial charge in [-0.15, -0.1) is 13.2 Å². The molecule has 0 aliphatic carbocycles. The van der Waals surface area contributed by atoms with Gasteiger partial charge in [-0.1, -0.05) is 3.89 Å². The maximum Gasteiger partial charge on any atom is 0.505 e. The molecule has 0 aliphatic heterocycles. The average Bonchev–Trinajstić information content (AvgIpc) is 2.27. The van der Waals surface area contributed by atoms with Gasteiger partial charge < -0.3 is 0 Å². The Labute approximate surface area is 70.0 Å². The SMILES string of the molecule is O=S(=O)(F)c1ccnn1C(F)(F)F. The minimum Gasteiger partial charge on any atom is -0.188 e. The van der Waals surface area contributed by atoms with Crippen molar-refractivity contribution < 1.29 is 25.5 Å². The number of nitrogens with zero attached hydrogens (tertiary/aromatic N) is 2. The van der Waals surface area contributed by atoms with Gasteiger partial charge in [0.15, 0.2) is 5.03 Å². The highest BCUT2D eigenvalue weighted by Crippen LogP contribution is 2.25. The molecule has 0 aliphatic rings. The Balaban J connectivity index is 3.35. The molecule has 0 spiro atoms. The van der Waals surface area contributed by atoms with E-state index in [2.05, 4.69) is 5.10 Å². The largest absolute Gasteiger partial charge is 0.505 e. The molecule has 1 aromatic rings. The molecule has 0 saturated carbocycles. The Kier molecular flexibility index (Phi) is 2.06. The summed E-state index contributed by atoms with van der Waals surface area (Å²) in [5.74, 6) is 0. The maximum atomic E-state index is 12.2. The Bertz CT molecular complexity index is 406. The second-order valence-corrected chi connectivity index (χ2v) is 3.28. The average molecular weight is 218 g/mol. The number of halogens is 4. The first kappa shape index (κ1) is 9.96. The number of hydrogen-bond donors (Lipinski definition) is 0. The van der Waals surface area contributed by atoms with E-state index in [1.54, 1.807) is 0 Å². The zero-order valence-electron chi connectivity index (χ0n) is 5.79. The van der Waals surface area contributed by atoms with E-state index in [1.165, 1.54) is 0 Å².